The van der Waals surface area contributed by atoms with Crippen molar-refractivity contribution in [3.8, 4) is 5.75 Å². The van der Waals surface area contributed by atoms with Gasteiger partial charge in [-0.2, -0.15) is 0 Å². The number of carbonyl (C=O) groups excluding carboxylic acids is 1. The van der Waals surface area contributed by atoms with E-state index in [0.29, 0.717) is 32.0 Å². The first-order chi connectivity index (χ1) is 8.68. The number of hydrogen-bond acceptors (Lipinski definition) is 3. The fourth-order valence-corrected chi connectivity index (χ4v) is 1.28. The predicted molar refractivity (Wildman–Crippen MR) is 70.1 cm³/mol. The van der Waals surface area contributed by atoms with Crippen LogP contribution in [0.15, 0.2) is 30.3 Å². The van der Waals surface area contributed by atoms with Gasteiger partial charge in [-0.15, -0.1) is 0 Å². The van der Waals surface area contributed by atoms with Gasteiger partial charge in [0.2, 0.25) is 5.91 Å². The molecule has 0 aromatic heterocycles. The molecule has 0 heterocycles. The van der Waals surface area contributed by atoms with Crippen LogP contribution in [0.5, 0.6) is 5.75 Å². The van der Waals surface area contributed by atoms with Gasteiger partial charge >= 0.3 is 0 Å². The molecule has 0 aliphatic heterocycles. The van der Waals surface area contributed by atoms with Crippen LogP contribution >= 0.6 is 0 Å². The molecule has 0 fully saturated rings. The van der Waals surface area contributed by atoms with Crippen molar-refractivity contribution in [3.63, 3.8) is 0 Å². The maximum absolute atomic E-state index is 11.3. The van der Waals surface area contributed by atoms with Crippen LogP contribution in [-0.4, -0.2) is 19.1 Å². The topological polar surface area (TPSA) is 47.6 Å². The summed E-state index contributed by atoms with van der Waals surface area (Å²) in [5.74, 6) is 1.13. The lowest BCUT2D eigenvalue weighted by atomic mass is 10.2. The van der Waals surface area contributed by atoms with Gasteiger partial charge in [0.15, 0.2) is 0 Å². The van der Waals surface area contributed by atoms with E-state index in [1.807, 2.05) is 44.2 Å². The van der Waals surface area contributed by atoms with Gasteiger partial charge < -0.3 is 4.74 Å². The maximum atomic E-state index is 11.3. The maximum Gasteiger partial charge on any atom is 0.243 e. The van der Waals surface area contributed by atoms with E-state index in [1.54, 1.807) is 0 Å². The van der Waals surface area contributed by atoms with Crippen molar-refractivity contribution in [2.24, 2.45) is 5.92 Å². The van der Waals surface area contributed by atoms with Gasteiger partial charge in [0.1, 0.15) is 5.75 Å². The fraction of sp³-hybridized carbons (Fsp3) is 0.500. The molecule has 18 heavy (non-hydrogen) atoms. The molecule has 0 radical (unpaired) electrons. The van der Waals surface area contributed by atoms with Crippen LogP contribution in [-0.2, 0) is 9.63 Å². The van der Waals surface area contributed by atoms with Crippen molar-refractivity contribution in [2.45, 2.75) is 26.7 Å². The van der Waals surface area contributed by atoms with E-state index in [2.05, 4.69) is 5.48 Å². The molecule has 1 aromatic carbocycles. The number of carbonyl (C=O) groups is 1. The van der Waals surface area contributed by atoms with E-state index in [0.717, 1.165) is 5.75 Å². The molecular formula is C14H21NO3. The molecule has 0 bridgehead atoms. The van der Waals surface area contributed by atoms with Gasteiger partial charge in [0, 0.05) is 6.42 Å². The standard InChI is InChI=1S/C14H21NO3/c1-12(2)11-18-15-14(16)9-6-10-17-13-7-4-3-5-8-13/h3-5,7-8,12H,6,9-11H2,1-2H3,(H,15,16). The molecule has 4 heteroatoms. The number of nitrogens with one attached hydrogen (secondary N) is 1. The van der Waals surface area contributed by atoms with E-state index in [4.69, 9.17) is 9.57 Å². The number of amides is 1. The number of para-hydroxylation sites is 1. The quantitative estimate of drug-likeness (QED) is 0.570. The summed E-state index contributed by atoms with van der Waals surface area (Å²) < 4.78 is 5.48. The Balaban J connectivity index is 2.02. The normalized spacial score (nSPS) is 10.4. The van der Waals surface area contributed by atoms with E-state index in [1.165, 1.54) is 0 Å². The Kier molecular flexibility index (Phi) is 6.87. The average molecular weight is 251 g/mol. The summed E-state index contributed by atoms with van der Waals surface area (Å²) >= 11 is 0. The van der Waals surface area contributed by atoms with Gasteiger partial charge in [0.05, 0.1) is 13.2 Å². The van der Waals surface area contributed by atoms with Crippen LogP contribution < -0.4 is 10.2 Å². The third kappa shape index (κ3) is 6.91. The molecule has 1 aromatic rings. The molecule has 0 atom stereocenters. The minimum absolute atomic E-state index is 0.104. The molecule has 0 aliphatic carbocycles. The summed E-state index contributed by atoms with van der Waals surface area (Å²) in [6.07, 6.45) is 1.08. The highest BCUT2D eigenvalue weighted by molar-refractivity contribution is 5.74. The first-order valence-corrected chi connectivity index (χ1v) is 6.27. The zero-order valence-electron chi connectivity index (χ0n) is 11.0. The molecule has 1 rings (SSSR count). The zero-order chi connectivity index (χ0) is 13.2. The molecule has 4 nitrogen and oxygen atoms in total. The molecule has 0 saturated heterocycles. The monoisotopic (exact) mass is 251 g/mol. The van der Waals surface area contributed by atoms with Crippen LogP contribution in [0.3, 0.4) is 0 Å². The Bertz CT molecular complexity index is 338. The minimum Gasteiger partial charge on any atom is -0.494 e. The van der Waals surface area contributed by atoms with Crippen LogP contribution in [0, 0.1) is 5.92 Å². The summed E-state index contributed by atoms with van der Waals surface area (Å²) in [4.78, 5) is 16.4. The summed E-state index contributed by atoms with van der Waals surface area (Å²) in [5, 5.41) is 0. The number of hydroxylamine groups is 1. The first-order valence-electron chi connectivity index (χ1n) is 6.27. The highest BCUT2D eigenvalue weighted by atomic mass is 16.6. The van der Waals surface area contributed by atoms with Gasteiger partial charge in [-0.1, -0.05) is 32.0 Å². The van der Waals surface area contributed by atoms with E-state index in [9.17, 15) is 4.79 Å². The highest BCUT2D eigenvalue weighted by Crippen LogP contribution is 2.08. The Labute approximate surface area is 108 Å². The zero-order valence-corrected chi connectivity index (χ0v) is 11.0. The summed E-state index contributed by atoms with van der Waals surface area (Å²) in [6.45, 7) is 5.12. The lowest BCUT2D eigenvalue weighted by molar-refractivity contribution is -0.134. The Morgan fingerprint density at radius 1 is 1.28 bits per heavy atom. The SMILES string of the molecule is CC(C)CONC(=O)CCCOc1ccccc1. The largest absolute Gasteiger partial charge is 0.494 e. The van der Waals surface area contributed by atoms with Crippen LogP contribution in [0.4, 0.5) is 0 Å². The number of benzene rings is 1. The molecule has 0 spiro atoms. The predicted octanol–water partition coefficient (Wildman–Crippen LogP) is 2.55. The minimum atomic E-state index is -0.104. The lowest BCUT2D eigenvalue weighted by Crippen LogP contribution is -2.25. The molecule has 0 unspecified atom stereocenters. The third-order valence-corrected chi connectivity index (χ3v) is 2.16. The number of hydrogen-bond donors (Lipinski definition) is 1. The second-order valence-corrected chi connectivity index (χ2v) is 4.50. The van der Waals surface area contributed by atoms with Crippen molar-refractivity contribution >= 4 is 5.91 Å². The highest BCUT2D eigenvalue weighted by Gasteiger charge is 2.02. The average Bonchev–Trinajstić information content (AvgIpc) is 2.35. The van der Waals surface area contributed by atoms with E-state index in [-0.39, 0.29) is 5.91 Å². The molecule has 1 amide bonds. The van der Waals surface area contributed by atoms with E-state index < -0.39 is 0 Å². The Hall–Kier alpha value is -1.55. The lowest BCUT2D eigenvalue weighted by Gasteiger charge is -2.08. The number of ether oxygens (including phenoxy) is 1. The van der Waals surface area contributed by atoms with Gasteiger partial charge in [-0.25, -0.2) is 5.48 Å². The molecule has 0 aliphatic rings. The van der Waals surface area contributed by atoms with Gasteiger partial charge in [0.25, 0.3) is 0 Å². The van der Waals surface area contributed by atoms with Gasteiger partial charge in [-0.3, -0.25) is 9.63 Å². The van der Waals surface area contributed by atoms with Crippen molar-refractivity contribution < 1.29 is 14.4 Å². The Morgan fingerprint density at radius 2 is 2.00 bits per heavy atom. The second-order valence-electron chi connectivity index (χ2n) is 4.50. The molecule has 0 saturated carbocycles. The van der Waals surface area contributed by atoms with Gasteiger partial charge in [-0.05, 0) is 24.5 Å². The van der Waals surface area contributed by atoms with Crippen molar-refractivity contribution in [1.82, 2.24) is 5.48 Å². The van der Waals surface area contributed by atoms with Crippen molar-refractivity contribution in [1.29, 1.82) is 0 Å². The molecule has 1 N–H and O–H groups in total. The summed E-state index contributed by atoms with van der Waals surface area (Å²) in [6, 6.07) is 9.56. The third-order valence-electron chi connectivity index (χ3n) is 2.16. The van der Waals surface area contributed by atoms with E-state index >= 15 is 0 Å². The van der Waals surface area contributed by atoms with Crippen LogP contribution in [0.2, 0.25) is 0 Å². The van der Waals surface area contributed by atoms with Crippen LogP contribution in [0.25, 0.3) is 0 Å². The smallest absolute Gasteiger partial charge is 0.243 e. The van der Waals surface area contributed by atoms with Crippen molar-refractivity contribution in [3.05, 3.63) is 30.3 Å². The van der Waals surface area contributed by atoms with Crippen LogP contribution in [0.1, 0.15) is 26.7 Å². The number of rotatable bonds is 8. The fourth-order valence-electron chi connectivity index (χ4n) is 1.28. The molecule has 100 valence electrons. The summed E-state index contributed by atoms with van der Waals surface area (Å²) in [7, 11) is 0. The van der Waals surface area contributed by atoms with Crippen molar-refractivity contribution in [2.75, 3.05) is 13.2 Å². The summed E-state index contributed by atoms with van der Waals surface area (Å²) in [5.41, 5.74) is 2.42. The second kappa shape index (κ2) is 8.53. The Morgan fingerprint density at radius 3 is 2.67 bits per heavy atom. The molecular weight excluding hydrogens is 230 g/mol. The first kappa shape index (κ1) is 14.5.